The summed E-state index contributed by atoms with van der Waals surface area (Å²) in [6.45, 7) is 4.72. The van der Waals surface area contributed by atoms with Gasteiger partial charge in [-0.3, -0.25) is 23.9 Å². The van der Waals surface area contributed by atoms with Gasteiger partial charge in [0.1, 0.15) is 60.9 Å². The van der Waals surface area contributed by atoms with Gasteiger partial charge in [0.15, 0.2) is 18.8 Å². The van der Waals surface area contributed by atoms with Crippen molar-refractivity contribution in [2.75, 3.05) is 6.61 Å². The average Bonchev–Trinajstić information content (AvgIpc) is 3.43. The highest BCUT2D eigenvalue weighted by Crippen LogP contribution is 2.34. The van der Waals surface area contributed by atoms with Gasteiger partial charge in [0.25, 0.3) is 5.56 Å². The quantitative estimate of drug-likeness (QED) is 0.0513. The minimum Gasteiger partial charge on any atom is -0.394 e. The van der Waals surface area contributed by atoms with E-state index in [-0.39, 0.29) is 0 Å². The maximum absolute atomic E-state index is 13.1. The Hall–Kier alpha value is -3.12. The Balaban J connectivity index is 1.50. The number of allylic oxidation sites excluding steroid dienone is 1. The molecule has 3 saturated heterocycles. The standard InChI is InChI=1S/C36H58N4O16/c1-17(2)11-9-7-5-4-6-8-10-12-22(44)38-25-29(49)26(46)20(53-35(25)56-34-24(37-18(3)42)28(48)27(47)21(16-41)54-34)15-19(43)32-30(50)31(51)33(55-32)40-14-13-23(45)39-36(40)52/h10,12-14,17,19-21,24-35,41,43,46-51H,4-9,11,15-16H2,1-3H3,(H,37,42)(H,38,44)(H,39,45,52)/b12-10+/t19?,20-,21-,24-,25-,26+,27-,28-,29-,30+,31-,32-,33-,34-,35+/m1/s1. The molecule has 0 saturated carbocycles. The molecule has 20 nitrogen and oxygen atoms in total. The van der Waals surface area contributed by atoms with Crippen LogP contribution < -0.4 is 21.9 Å². The highest BCUT2D eigenvalue weighted by Gasteiger charge is 2.53. The van der Waals surface area contributed by atoms with Gasteiger partial charge in [-0.25, -0.2) is 4.79 Å². The minimum absolute atomic E-state index is 0.598. The lowest BCUT2D eigenvalue weighted by molar-refractivity contribution is -0.346. The summed E-state index contributed by atoms with van der Waals surface area (Å²) in [7, 11) is 0. The third-order valence-electron chi connectivity index (χ3n) is 10.2. The molecule has 1 unspecified atom stereocenters. The van der Waals surface area contributed by atoms with Crippen LogP contribution in [0, 0.1) is 5.92 Å². The summed E-state index contributed by atoms with van der Waals surface area (Å²) < 4.78 is 24.1. The fourth-order valence-electron chi connectivity index (χ4n) is 7.10. The van der Waals surface area contributed by atoms with E-state index in [4.69, 9.17) is 18.9 Å². The summed E-state index contributed by atoms with van der Waals surface area (Å²) in [6, 6.07) is -2.01. The van der Waals surface area contributed by atoms with Crippen molar-refractivity contribution in [1.29, 1.82) is 0 Å². The van der Waals surface area contributed by atoms with Gasteiger partial charge < -0.3 is 70.4 Å². The number of aliphatic hydroxyl groups excluding tert-OH is 8. The van der Waals surface area contributed by atoms with Gasteiger partial charge >= 0.3 is 5.69 Å². The number of nitrogens with zero attached hydrogens (tertiary/aromatic N) is 1. The lowest BCUT2D eigenvalue weighted by atomic mass is 9.91. The van der Waals surface area contributed by atoms with Crippen LogP contribution in [0.2, 0.25) is 0 Å². The van der Waals surface area contributed by atoms with E-state index in [1.807, 2.05) is 4.98 Å². The Bertz CT molecular complexity index is 1560. The molecule has 15 atom stereocenters. The molecule has 3 fully saturated rings. The van der Waals surface area contributed by atoms with Crippen molar-refractivity contribution < 1.29 is 69.4 Å². The second kappa shape index (κ2) is 21.0. The highest BCUT2D eigenvalue weighted by atomic mass is 16.8. The van der Waals surface area contributed by atoms with Gasteiger partial charge in [0.05, 0.1) is 18.8 Å². The molecule has 318 valence electrons. The van der Waals surface area contributed by atoms with E-state index < -0.39 is 128 Å². The van der Waals surface area contributed by atoms with Gasteiger partial charge in [0.2, 0.25) is 11.8 Å². The second-order valence-electron chi connectivity index (χ2n) is 15.1. The minimum atomic E-state index is -1.85. The number of H-pyrrole nitrogens is 1. The van der Waals surface area contributed by atoms with Crippen LogP contribution in [0.4, 0.5) is 0 Å². The summed E-state index contributed by atoms with van der Waals surface area (Å²) in [5.41, 5.74) is -1.69. The highest BCUT2D eigenvalue weighted by molar-refractivity contribution is 5.87. The molecule has 20 heteroatoms. The molecule has 2 amide bonds. The predicted octanol–water partition coefficient (Wildman–Crippen LogP) is -3.26. The van der Waals surface area contributed by atoms with Crippen molar-refractivity contribution in [2.45, 2.75) is 164 Å². The van der Waals surface area contributed by atoms with Gasteiger partial charge in [-0.05, 0) is 24.8 Å². The molecule has 0 aromatic carbocycles. The molecule has 11 N–H and O–H groups in total. The second-order valence-corrected chi connectivity index (χ2v) is 15.1. The molecule has 0 spiro atoms. The molecule has 3 aliphatic heterocycles. The van der Waals surface area contributed by atoms with Crippen molar-refractivity contribution in [3.8, 4) is 0 Å². The van der Waals surface area contributed by atoms with Crippen LogP contribution >= 0.6 is 0 Å². The first-order chi connectivity index (χ1) is 26.5. The van der Waals surface area contributed by atoms with E-state index in [0.717, 1.165) is 55.9 Å². The van der Waals surface area contributed by atoms with Crippen molar-refractivity contribution >= 4 is 11.8 Å². The third kappa shape index (κ3) is 11.7. The number of aliphatic hydroxyl groups is 8. The van der Waals surface area contributed by atoms with E-state index in [0.29, 0.717) is 12.3 Å². The first-order valence-corrected chi connectivity index (χ1v) is 19.1. The number of aromatic amines is 1. The Labute approximate surface area is 323 Å². The summed E-state index contributed by atoms with van der Waals surface area (Å²) in [4.78, 5) is 51.0. The van der Waals surface area contributed by atoms with Crippen molar-refractivity contribution in [3.05, 3.63) is 45.3 Å². The molecular formula is C36H58N4O16. The van der Waals surface area contributed by atoms with Crippen molar-refractivity contribution in [3.63, 3.8) is 0 Å². The van der Waals surface area contributed by atoms with Crippen LogP contribution in [0.25, 0.3) is 0 Å². The van der Waals surface area contributed by atoms with Crippen molar-refractivity contribution in [1.82, 2.24) is 20.2 Å². The molecule has 3 aliphatic rings. The van der Waals surface area contributed by atoms with Crippen LogP contribution in [0.1, 0.15) is 78.4 Å². The van der Waals surface area contributed by atoms with Gasteiger partial charge in [-0.2, -0.15) is 0 Å². The zero-order valence-electron chi connectivity index (χ0n) is 31.7. The number of hydrogen-bond acceptors (Lipinski definition) is 16. The average molecular weight is 803 g/mol. The van der Waals surface area contributed by atoms with Crippen LogP contribution in [0.3, 0.4) is 0 Å². The zero-order valence-corrected chi connectivity index (χ0v) is 31.7. The fourth-order valence-corrected chi connectivity index (χ4v) is 7.10. The topological polar surface area (TPSA) is 312 Å². The number of hydrogen-bond donors (Lipinski definition) is 11. The van der Waals surface area contributed by atoms with E-state index in [1.54, 1.807) is 6.08 Å². The number of carbonyl (C=O) groups is 2. The van der Waals surface area contributed by atoms with E-state index in [9.17, 15) is 60.0 Å². The molecular weight excluding hydrogens is 744 g/mol. The fraction of sp³-hybridized carbons (Fsp3) is 0.778. The number of ether oxygens (including phenoxy) is 4. The number of amides is 2. The summed E-state index contributed by atoms with van der Waals surface area (Å²) in [6.07, 6.45) is -11.5. The maximum atomic E-state index is 13.1. The number of nitrogens with one attached hydrogen (secondary N) is 3. The third-order valence-corrected chi connectivity index (χ3v) is 10.2. The Kier molecular flexibility index (Phi) is 17.1. The van der Waals surface area contributed by atoms with Gasteiger partial charge in [-0.15, -0.1) is 0 Å². The molecule has 0 radical (unpaired) electrons. The Morgan fingerprint density at radius 1 is 0.857 bits per heavy atom. The maximum Gasteiger partial charge on any atom is 0.330 e. The lowest BCUT2D eigenvalue weighted by Gasteiger charge is -2.47. The smallest absolute Gasteiger partial charge is 0.330 e. The van der Waals surface area contributed by atoms with Crippen LogP contribution in [-0.2, 0) is 28.5 Å². The monoisotopic (exact) mass is 802 g/mol. The number of aromatic nitrogens is 2. The van der Waals surface area contributed by atoms with Crippen LogP contribution in [0.15, 0.2) is 34.0 Å². The van der Waals surface area contributed by atoms with Crippen molar-refractivity contribution in [2.24, 2.45) is 5.92 Å². The number of rotatable bonds is 18. The summed E-state index contributed by atoms with van der Waals surface area (Å²) >= 11 is 0. The van der Waals surface area contributed by atoms with E-state index in [1.165, 1.54) is 12.5 Å². The van der Waals surface area contributed by atoms with Gasteiger partial charge in [-0.1, -0.05) is 52.0 Å². The predicted molar refractivity (Wildman–Crippen MR) is 193 cm³/mol. The molecule has 56 heavy (non-hydrogen) atoms. The van der Waals surface area contributed by atoms with Crippen LogP contribution in [0.5, 0.6) is 0 Å². The molecule has 1 aromatic heterocycles. The first kappa shape index (κ1) is 45.6. The number of carbonyl (C=O) groups excluding carboxylic acids is 2. The van der Waals surface area contributed by atoms with Crippen LogP contribution in [-0.4, -0.2) is 155 Å². The molecule has 0 bridgehead atoms. The summed E-state index contributed by atoms with van der Waals surface area (Å²) in [5.74, 6) is -0.694. The lowest BCUT2D eigenvalue weighted by Crippen LogP contribution is -2.68. The summed E-state index contributed by atoms with van der Waals surface area (Å²) in [5, 5.41) is 91.2. The molecule has 1 aromatic rings. The SMILES string of the molecule is CC(=O)N[C@H]1[C@@H](O[C@@H]2O[C@H](CC(O)[C@H]3O[C@@H](n4ccc(=O)[nH]c4=O)[C@H](O)[C@@H]3O)[C@H](O)[C@H](O)[C@H]2NC(=O)/C=C/CCCCCCCC(C)C)O[C@H](CO)[C@@H](O)[C@@H]1O. The largest absolute Gasteiger partial charge is 0.394 e. The van der Waals surface area contributed by atoms with Gasteiger partial charge in [0, 0.05) is 25.6 Å². The molecule has 4 heterocycles. The molecule has 4 rings (SSSR count). The van der Waals surface area contributed by atoms with E-state index >= 15 is 0 Å². The number of unbranched alkanes of at least 4 members (excludes halogenated alkanes) is 5. The Morgan fingerprint density at radius 3 is 2.09 bits per heavy atom. The zero-order chi connectivity index (χ0) is 41.3. The Morgan fingerprint density at radius 2 is 1.46 bits per heavy atom. The first-order valence-electron chi connectivity index (χ1n) is 19.1. The normalized spacial score (nSPS) is 35.5. The molecule has 0 aliphatic carbocycles. The van der Waals surface area contributed by atoms with E-state index in [2.05, 4.69) is 24.5 Å².